The molecule has 1 aliphatic carbocycles. The number of halogens is 1. The van der Waals surface area contributed by atoms with Crippen molar-refractivity contribution >= 4 is 18.3 Å². The molecule has 0 aromatic carbocycles. The number of ether oxygens (including phenoxy) is 1. The van der Waals surface area contributed by atoms with Gasteiger partial charge in [-0.2, -0.15) is 0 Å². The topological polar surface area (TPSA) is 50.4 Å². The van der Waals surface area contributed by atoms with Crippen LogP contribution in [0.3, 0.4) is 0 Å². The fourth-order valence-corrected chi connectivity index (χ4v) is 3.13. The lowest BCUT2D eigenvalue weighted by Gasteiger charge is -2.51. The van der Waals surface area contributed by atoms with E-state index < -0.39 is 0 Å². The Balaban J connectivity index is 0.00000180. The first-order chi connectivity index (χ1) is 8.54. The van der Waals surface area contributed by atoms with Crippen LogP contribution in [0.5, 0.6) is 0 Å². The van der Waals surface area contributed by atoms with E-state index in [0.717, 1.165) is 32.4 Å². The Morgan fingerprint density at radius 2 is 2.00 bits per heavy atom. The van der Waals surface area contributed by atoms with Gasteiger partial charge < -0.3 is 15.4 Å². The molecular formula is C14H27ClN2O2. The van der Waals surface area contributed by atoms with Gasteiger partial charge in [-0.25, -0.2) is 0 Å². The maximum Gasteiger partial charge on any atom is 0.220 e. The molecule has 4 nitrogen and oxygen atoms in total. The van der Waals surface area contributed by atoms with Crippen LogP contribution in [-0.2, 0) is 9.53 Å². The average Bonchev–Trinajstić information content (AvgIpc) is 2.35. The highest BCUT2D eigenvalue weighted by atomic mass is 35.5. The van der Waals surface area contributed by atoms with E-state index >= 15 is 0 Å². The first-order valence-corrected chi connectivity index (χ1v) is 7.07. The summed E-state index contributed by atoms with van der Waals surface area (Å²) in [6.07, 6.45) is 4.17. The summed E-state index contributed by atoms with van der Waals surface area (Å²) in [5.74, 6) is 0.780. The molecule has 5 heteroatoms. The summed E-state index contributed by atoms with van der Waals surface area (Å²) in [6, 6.07) is 0.275. The van der Waals surface area contributed by atoms with Crippen LogP contribution >= 0.6 is 12.4 Å². The Bertz CT molecular complexity index is 304. The van der Waals surface area contributed by atoms with Gasteiger partial charge in [-0.1, -0.05) is 13.8 Å². The zero-order valence-corrected chi connectivity index (χ0v) is 13.0. The van der Waals surface area contributed by atoms with Crippen LogP contribution in [0.1, 0.15) is 39.5 Å². The third-order valence-corrected chi connectivity index (χ3v) is 4.73. The number of nitrogens with one attached hydrogen (secondary N) is 2. The predicted octanol–water partition coefficient (Wildman–Crippen LogP) is 1.73. The van der Waals surface area contributed by atoms with Crippen LogP contribution in [-0.4, -0.2) is 38.3 Å². The summed E-state index contributed by atoms with van der Waals surface area (Å²) in [5.41, 5.74) is 0.0680. The second-order valence-corrected chi connectivity index (χ2v) is 6.30. The molecule has 1 aliphatic heterocycles. The molecule has 2 aliphatic rings. The monoisotopic (exact) mass is 290 g/mol. The first-order valence-electron chi connectivity index (χ1n) is 7.07. The minimum atomic E-state index is 0. The molecule has 19 heavy (non-hydrogen) atoms. The van der Waals surface area contributed by atoms with Gasteiger partial charge in [0, 0.05) is 25.0 Å². The molecule has 2 fully saturated rings. The highest BCUT2D eigenvalue weighted by Gasteiger charge is 2.49. The molecule has 1 amide bonds. The molecule has 2 rings (SSSR count). The van der Waals surface area contributed by atoms with Crippen molar-refractivity contribution in [3.05, 3.63) is 0 Å². The summed E-state index contributed by atoms with van der Waals surface area (Å²) in [7, 11) is 1.75. The van der Waals surface area contributed by atoms with Crippen LogP contribution in [0.25, 0.3) is 0 Å². The summed E-state index contributed by atoms with van der Waals surface area (Å²) < 4.78 is 5.40. The van der Waals surface area contributed by atoms with Gasteiger partial charge in [-0.05, 0) is 38.3 Å². The normalized spacial score (nSPS) is 30.1. The van der Waals surface area contributed by atoms with Crippen LogP contribution < -0.4 is 10.6 Å². The Labute approximate surface area is 122 Å². The predicted molar refractivity (Wildman–Crippen MR) is 78.6 cm³/mol. The average molecular weight is 291 g/mol. The highest BCUT2D eigenvalue weighted by Crippen LogP contribution is 2.42. The van der Waals surface area contributed by atoms with E-state index in [-0.39, 0.29) is 35.9 Å². The maximum atomic E-state index is 12.0. The standard InChI is InChI=1S/C14H26N2O2.ClH/c1-14(2)11(9-12(14)18-3)16-13(17)8-10-4-6-15-7-5-10;/h10-12,15H,4-9H2,1-3H3,(H,16,17);1H. The number of carbonyl (C=O) groups excluding carboxylic acids is 1. The van der Waals surface area contributed by atoms with E-state index in [1.807, 2.05) is 0 Å². The maximum absolute atomic E-state index is 12.0. The van der Waals surface area contributed by atoms with Gasteiger partial charge in [0.15, 0.2) is 0 Å². The molecule has 2 N–H and O–H groups in total. The third-order valence-electron chi connectivity index (χ3n) is 4.73. The van der Waals surface area contributed by atoms with E-state index in [1.54, 1.807) is 7.11 Å². The molecule has 0 radical (unpaired) electrons. The number of piperidine rings is 1. The lowest BCUT2D eigenvalue weighted by Crippen LogP contribution is -2.61. The summed E-state index contributed by atoms with van der Waals surface area (Å²) in [5, 5.41) is 6.51. The van der Waals surface area contributed by atoms with Gasteiger partial charge in [0.25, 0.3) is 0 Å². The molecule has 0 aromatic heterocycles. The molecule has 1 saturated carbocycles. The number of rotatable bonds is 4. The second-order valence-electron chi connectivity index (χ2n) is 6.30. The number of amides is 1. The lowest BCUT2D eigenvalue weighted by atomic mass is 9.64. The largest absolute Gasteiger partial charge is 0.381 e. The van der Waals surface area contributed by atoms with Crippen LogP contribution in [0.4, 0.5) is 0 Å². The molecule has 0 bridgehead atoms. The number of hydrogen-bond donors (Lipinski definition) is 2. The zero-order chi connectivity index (χ0) is 13.2. The van der Waals surface area contributed by atoms with E-state index in [2.05, 4.69) is 24.5 Å². The fraction of sp³-hybridized carbons (Fsp3) is 0.929. The molecule has 2 unspecified atom stereocenters. The van der Waals surface area contributed by atoms with Crippen molar-refractivity contribution in [1.29, 1.82) is 0 Å². The molecule has 1 heterocycles. The first kappa shape index (κ1) is 16.7. The van der Waals surface area contributed by atoms with Gasteiger partial charge in [-0.15, -0.1) is 12.4 Å². The van der Waals surface area contributed by atoms with E-state index in [4.69, 9.17) is 4.74 Å². The molecule has 2 atom stereocenters. The molecule has 1 saturated heterocycles. The Morgan fingerprint density at radius 3 is 2.53 bits per heavy atom. The Hall–Kier alpha value is -0.320. The number of carbonyl (C=O) groups is 1. The second kappa shape index (κ2) is 6.91. The third kappa shape index (κ3) is 3.83. The Kier molecular flexibility index (Phi) is 6.09. The lowest BCUT2D eigenvalue weighted by molar-refractivity contribution is -0.133. The Morgan fingerprint density at radius 1 is 1.37 bits per heavy atom. The summed E-state index contributed by atoms with van der Waals surface area (Å²) in [6.45, 7) is 6.44. The number of hydrogen-bond acceptors (Lipinski definition) is 3. The van der Waals surface area contributed by atoms with E-state index in [9.17, 15) is 4.79 Å². The number of methoxy groups -OCH3 is 1. The van der Waals surface area contributed by atoms with Crippen LogP contribution in [0, 0.1) is 11.3 Å². The SMILES string of the molecule is COC1CC(NC(=O)CC2CCNCC2)C1(C)C.Cl. The van der Waals surface area contributed by atoms with Crippen LogP contribution in [0.15, 0.2) is 0 Å². The van der Waals surface area contributed by atoms with Gasteiger partial charge in [-0.3, -0.25) is 4.79 Å². The van der Waals surface area contributed by atoms with Crippen molar-refractivity contribution in [1.82, 2.24) is 10.6 Å². The van der Waals surface area contributed by atoms with Crippen molar-refractivity contribution in [3.8, 4) is 0 Å². The minimum absolute atomic E-state index is 0. The van der Waals surface area contributed by atoms with Crippen molar-refractivity contribution in [2.75, 3.05) is 20.2 Å². The van der Waals surface area contributed by atoms with Gasteiger partial charge >= 0.3 is 0 Å². The van der Waals surface area contributed by atoms with Gasteiger partial charge in [0.1, 0.15) is 0 Å². The van der Waals surface area contributed by atoms with Crippen molar-refractivity contribution in [3.63, 3.8) is 0 Å². The summed E-state index contributed by atoms with van der Waals surface area (Å²) in [4.78, 5) is 12.0. The molecular weight excluding hydrogens is 264 g/mol. The van der Waals surface area contributed by atoms with Crippen LogP contribution in [0.2, 0.25) is 0 Å². The summed E-state index contributed by atoms with van der Waals surface area (Å²) >= 11 is 0. The van der Waals surface area contributed by atoms with Crippen molar-refractivity contribution < 1.29 is 9.53 Å². The smallest absolute Gasteiger partial charge is 0.220 e. The highest BCUT2D eigenvalue weighted by molar-refractivity contribution is 5.85. The van der Waals surface area contributed by atoms with Gasteiger partial charge in [0.2, 0.25) is 5.91 Å². The zero-order valence-electron chi connectivity index (χ0n) is 12.2. The molecule has 0 spiro atoms. The molecule has 0 aromatic rings. The van der Waals surface area contributed by atoms with E-state index in [1.165, 1.54) is 0 Å². The van der Waals surface area contributed by atoms with Crippen molar-refractivity contribution in [2.45, 2.75) is 51.7 Å². The van der Waals surface area contributed by atoms with Gasteiger partial charge in [0.05, 0.1) is 6.10 Å². The fourth-order valence-electron chi connectivity index (χ4n) is 3.13. The van der Waals surface area contributed by atoms with Crippen molar-refractivity contribution in [2.24, 2.45) is 11.3 Å². The minimum Gasteiger partial charge on any atom is -0.381 e. The molecule has 112 valence electrons. The van der Waals surface area contributed by atoms with E-state index in [0.29, 0.717) is 12.3 Å². The quantitative estimate of drug-likeness (QED) is 0.829.